The van der Waals surface area contributed by atoms with Crippen molar-refractivity contribution in [3.8, 4) is 11.5 Å². The summed E-state index contributed by atoms with van der Waals surface area (Å²) < 4.78 is 6.53. The number of thioether (sulfide) groups is 1. The van der Waals surface area contributed by atoms with Gasteiger partial charge in [-0.2, -0.15) is 0 Å². The van der Waals surface area contributed by atoms with Gasteiger partial charge in [-0.15, -0.1) is 20.4 Å². The second-order valence-electron chi connectivity index (χ2n) is 4.48. The molecule has 0 radical (unpaired) electrons. The first-order valence-corrected chi connectivity index (χ1v) is 7.97. The molecule has 108 valence electrons. The lowest BCUT2D eigenvalue weighted by atomic mass is 10.1. The first-order valence-electron chi connectivity index (χ1n) is 6.28. The molecule has 0 saturated carbocycles. The Morgan fingerprint density at radius 1 is 1.24 bits per heavy atom. The van der Waals surface area contributed by atoms with E-state index >= 15 is 0 Å². The molecule has 0 amide bonds. The van der Waals surface area contributed by atoms with Gasteiger partial charge >= 0.3 is 0 Å². The summed E-state index contributed by atoms with van der Waals surface area (Å²) in [6.07, 6.45) is 0. The number of nitrogens with two attached hydrogens (primary N) is 1. The second kappa shape index (κ2) is 5.82. The molecule has 21 heavy (non-hydrogen) atoms. The summed E-state index contributed by atoms with van der Waals surface area (Å²) in [7, 11) is 0. The van der Waals surface area contributed by atoms with Crippen LogP contribution >= 0.6 is 23.1 Å². The monoisotopic (exact) mass is 319 g/mol. The Balaban J connectivity index is 1.78. The van der Waals surface area contributed by atoms with Gasteiger partial charge in [0, 0.05) is 5.56 Å². The molecule has 2 heterocycles. The van der Waals surface area contributed by atoms with E-state index in [1.54, 1.807) is 0 Å². The van der Waals surface area contributed by atoms with Crippen LogP contribution in [0.25, 0.3) is 11.5 Å². The number of rotatable bonds is 4. The van der Waals surface area contributed by atoms with E-state index in [-0.39, 0.29) is 5.25 Å². The zero-order chi connectivity index (χ0) is 14.8. The van der Waals surface area contributed by atoms with E-state index < -0.39 is 0 Å². The predicted molar refractivity (Wildman–Crippen MR) is 83.1 cm³/mol. The standard InChI is InChI=1S/C13H13N5OS2/c1-7-4-3-5-9(6-7)11-16-15-10(19-11)8(2)20-13-18-17-12(14)21-13/h3-6,8H,1-2H3,(H2,14,17)/t8-/m1/s1. The minimum atomic E-state index is -0.0107. The first kappa shape index (κ1) is 14.0. The fourth-order valence-corrected chi connectivity index (χ4v) is 3.57. The first-order chi connectivity index (χ1) is 10.1. The molecule has 3 rings (SSSR count). The molecule has 1 aromatic carbocycles. The number of hydrogen-bond acceptors (Lipinski definition) is 8. The molecular formula is C13H13N5OS2. The highest BCUT2D eigenvalue weighted by Gasteiger charge is 2.18. The van der Waals surface area contributed by atoms with E-state index in [9.17, 15) is 0 Å². The summed E-state index contributed by atoms with van der Waals surface area (Å²) in [5.41, 5.74) is 7.64. The predicted octanol–water partition coefficient (Wildman–Crippen LogP) is 3.33. The molecule has 0 fully saturated rings. The molecule has 0 spiro atoms. The highest BCUT2D eigenvalue weighted by molar-refractivity contribution is 8.01. The normalized spacial score (nSPS) is 12.5. The van der Waals surface area contributed by atoms with Gasteiger partial charge in [0.25, 0.3) is 0 Å². The second-order valence-corrected chi connectivity index (χ2v) is 7.08. The average molecular weight is 319 g/mol. The summed E-state index contributed by atoms with van der Waals surface area (Å²) in [4.78, 5) is 0. The molecule has 2 N–H and O–H groups in total. The van der Waals surface area contributed by atoms with Crippen molar-refractivity contribution in [3.05, 3.63) is 35.7 Å². The number of aryl methyl sites for hydroxylation is 1. The van der Waals surface area contributed by atoms with E-state index in [2.05, 4.69) is 20.4 Å². The molecule has 0 aliphatic heterocycles. The van der Waals surface area contributed by atoms with Crippen LogP contribution in [0.2, 0.25) is 0 Å². The summed E-state index contributed by atoms with van der Waals surface area (Å²) in [5, 5.41) is 16.4. The molecular weight excluding hydrogens is 306 g/mol. The van der Waals surface area contributed by atoms with Gasteiger partial charge in [0.15, 0.2) is 4.34 Å². The van der Waals surface area contributed by atoms with Crippen LogP contribution in [0.15, 0.2) is 33.0 Å². The van der Waals surface area contributed by atoms with Gasteiger partial charge in [-0.05, 0) is 26.0 Å². The third-order valence-electron chi connectivity index (χ3n) is 2.75. The molecule has 6 nitrogen and oxygen atoms in total. The Morgan fingerprint density at radius 3 is 2.81 bits per heavy atom. The van der Waals surface area contributed by atoms with Gasteiger partial charge in [0.2, 0.25) is 16.9 Å². The Bertz CT molecular complexity index is 754. The van der Waals surface area contributed by atoms with Crippen LogP contribution in [0.4, 0.5) is 5.13 Å². The Labute approximate surface area is 129 Å². The lowest BCUT2D eigenvalue weighted by Crippen LogP contribution is -1.88. The van der Waals surface area contributed by atoms with Crippen molar-refractivity contribution in [2.45, 2.75) is 23.4 Å². The maximum Gasteiger partial charge on any atom is 0.247 e. The van der Waals surface area contributed by atoms with E-state index in [4.69, 9.17) is 10.2 Å². The van der Waals surface area contributed by atoms with Crippen molar-refractivity contribution in [2.24, 2.45) is 0 Å². The van der Waals surface area contributed by atoms with Crippen molar-refractivity contribution in [1.29, 1.82) is 0 Å². The van der Waals surface area contributed by atoms with Gasteiger partial charge in [-0.3, -0.25) is 0 Å². The van der Waals surface area contributed by atoms with Gasteiger partial charge in [-0.1, -0.05) is 40.8 Å². The van der Waals surface area contributed by atoms with Crippen LogP contribution in [0.5, 0.6) is 0 Å². The minimum absolute atomic E-state index is 0.0107. The summed E-state index contributed by atoms with van der Waals surface area (Å²) in [6.45, 7) is 4.01. The molecule has 3 aromatic rings. The van der Waals surface area contributed by atoms with Gasteiger partial charge < -0.3 is 10.2 Å². The number of nitrogens with zero attached hydrogens (tertiary/aromatic N) is 4. The Kier molecular flexibility index (Phi) is 3.89. The summed E-state index contributed by atoms with van der Waals surface area (Å²) in [5.74, 6) is 1.09. The fourth-order valence-electron chi connectivity index (χ4n) is 1.76. The maximum atomic E-state index is 5.75. The van der Waals surface area contributed by atoms with E-state index in [1.807, 2.05) is 38.1 Å². The molecule has 1 atom stereocenters. The molecule has 0 unspecified atom stereocenters. The quantitative estimate of drug-likeness (QED) is 0.737. The molecule has 8 heteroatoms. The molecule has 2 aromatic heterocycles. The van der Waals surface area contributed by atoms with E-state index in [0.717, 1.165) is 15.5 Å². The molecule has 0 aliphatic carbocycles. The molecule has 0 aliphatic rings. The van der Waals surface area contributed by atoms with Crippen molar-refractivity contribution >= 4 is 28.2 Å². The van der Waals surface area contributed by atoms with Crippen LogP contribution < -0.4 is 5.73 Å². The smallest absolute Gasteiger partial charge is 0.247 e. The van der Waals surface area contributed by atoms with Gasteiger partial charge in [0.05, 0.1) is 5.25 Å². The number of nitrogen functional groups attached to an aromatic ring is 1. The summed E-state index contributed by atoms with van der Waals surface area (Å²) >= 11 is 2.84. The van der Waals surface area contributed by atoms with Crippen molar-refractivity contribution in [2.75, 3.05) is 5.73 Å². The third kappa shape index (κ3) is 3.22. The zero-order valence-corrected chi connectivity index (χ0v) is 13.1. The zero-order valence-electron chi connectivity index (χ0n) is 11.5. The molecule has 0 bridgehead atoms. The van der Waals surface area contributed by atoms with Gasteiger partial charge in [0.1, 0.15) is 0 Å². The lowest BCUT2D eigenvalue weighted by molar-refractivity contribution is 0.509. The highest BCUT2D eigenvalue weighted by atomic mass is 32.2. The van der Waals surface area contributed by atoms with Crippen LogP contribution in [-0.2, 0) is 0 Å². The van der Waals surface area contributed by atoms with E-state index in [0.29, 0.717) is 16.9 Å². The number of benzene rings is 1. The highest BCUT2D eigenvalue weighted by Crippen LogP contribution is 2.36. The van der Waals surface area contributed by atoms with Crippen LogP contribution in [0.1, 0.15) is 23.6 Å². The van der Waals surface area contributed by atoms with Crippen LogP contribution in [0.3, 0.4) is 0 Å². The molecule has 0 saturated heterocycles. The SMILES string of the molecule is Cc1cccc(-c2nnc([C@@H](C)Sc3nnc(N)s3)o2)c1. The van der Waals surface area contributed by atoms with Crippen molar-refractivity contribution < 1.29 is 4.42 Å². The summed E-state index contributed by atoms with van der Waals surface area (Å²) in [6, 6.07) is 7.96. The minimum Gasteiger partial charge on any atom is -0.419 e. The topological polar surface area (TPSA) is 90.7 Å². The number of anilines is 1. The number of aromatic nitrogens is 4. The van der Waals surface area contributed by atoms with Crippen molar-refractivity contribution in [3.63, 3.8) is 0 Å². The Morgan fingerprint density at radius 2 is 2.10 bits per heavy atom. The van der Waals surface area contributed by atoms with Crippen LogP contribution in [-0.4, -0.2) is 20.4 Å². The lowest BCUT2D eigenvalue weighted by Gasteiger charge is -2.02. The largest absolute Gasteiger partial charge is 0.419 e. The van der Waals surface area contributed by atoms with E-state index in [1.165, 1.54) is 23.1 Å². The fraction of sp³-hybridized carbons (Fsp3) is 0.231. The van der Waals surface area contributed by atoms with Gasteiger partial charge in [-0.25, -0.2) is 0 Å². The maximum absolute atomic E-state index is 5.75. The van der Waals surface area contributed by atoms with Crippen molar-refractivity contribution in [1.82, 2.24) is 20.4 Å². The van der Waals surface area contributed by atoms with Crippen LogP contribution in [0, 0.1) is 6.92 Å². The Hall–Kier alpha value is -1.93. The number of hydrogen-bond donors (Lipinski definition) is 1. The third-order valence-corrected chi connectivity index (χ3v) is 4.68. The average Bonchev–Trinajstić information content (AvgIpc) is 3.08.